The van der Waals surface area contributed by atoms with Gasteiger partial charge in [0.1, 0.15) is 23.1 Å². The predicted molar refractivity (Wildman–Crippen MR) is 133 cm³/mol. The summed E-state index contributed by atoms with van der Waals surface area (Å²) in [6.07, 6.45) is 5.06. The number of hydrogen-bond acceptors (Lipinski definition) is 6. The Kier molecular flexibility index (Phi) is 7.88. The highest BCUT2D eigenvalue weighted by molar-refractivity contribution is 5.99. The van der Waals surface area contributed by atoms with Crippen LogP contribution in [-0.4, -0.2) is 54.0 Å². The summed E-state index contributed by atoms with van der Waals surface area (Å²) in [7, 11) is 1.57. The van der Waals surface area contributed by atoms with Crippen molar-refractivity contribution in [1.29, 1.82) is 0 Å². The summed E-state index contributed by atoms with van der Waals surface area (Å²) in [6.45, 7) is 2.09. The summed E-state index contributed by atoms with van der Waals surface area (Å²) in [5.41, 5.74) is -0.436. The van der Waals surface area contributed by atoms with Crippen LogP contribution >= 0.6 is 0 Å². The van der Waals surface area contributed by atoms with E-state index in [-0.39, 0.29) is 17.9 Å². The van der Waals surface area contributed by atoms with E-state index in [1.165, 1.54) is 18.2 Å². The standard InChI is InChI=1S/C27H33N3O6/c1-27(16-36-27)24(32)21(14-17-6-3-4-7-17)29-26(34)22(15-18-10-12-19(35-2)13-11-18)30-25(33)20-8-5-9-23(31)28-20/h5,8-13,17,21-22H,3-4,6-7,14-16H2,1-2H3,(H,28,31)(H,29,34)(H,30,33)/t21-,22-,27-/m0/s1. The lowest BCUT2D eigenvalue weighted by atomic mass is 9.90. The van der Waals surface area contributed by atoms with Gasteiger partial charge in [-0.2, -0.15) is 0 Å². The van der Waals surface area contributed by atoms with Gasteiger partial charge in [-0.15, -0.1) is 0 Å². The molecular formula is C27H33N3O6. The zero-order valence-corrected chi connectivity index (χ0v) is 20.7. The van der Waals surface area contributed by atoms with Gasteiger partial charge in [-0.1, -0.05) is 43.9 Å². The van der Waals surface area contributed by atoms with E-state index in [2.05, 4.69) is 15.6 Å². The summed E-state index contributed by atoms with van der Waals surface area (Å²) in [4.78, 5) is 53.8. The molecule has 2 aliphatic rings. The molecule has 2 heterocycles. The number of aromatic amines is 1. The molecule has 3 atom stereocenters. The largest absolute Gasteiger partial charge is 0.497 e. The first-order chi connectivity index (χ1) is 17.3. The van der Waals surface area contributed by atoms with E-state index < -0.39 is 35.1 Å². The lowest BCUT2D eigenvalue weighted by Crippen LogP contribution is -2.54. The highest BCUT2D eigenvalue weighted by Gasteiger charge is 2.50. The zero-order chi connectivity index (χ0) is 25.7. The molecule has 1 saturated heterocycles. The third-order valence-electron chi connectivity index (χ3n) is 7.01. The van der Waals surface area contributed by atoms with E-state index in [1.807, 2.05) is 12.1 Å². The molecule has 2 fully saturated rings. The first-order valence-corrected chi connectivity index (χ1v) is 12.4. The smallest absolute Gasteiger partial charge is 0.268 e. The summed E-state index contributed by atoms with van der Waals surface area (Å²) < 4.78 is 10.6. The molecule has 2 aromatic rings. The maximum atomic E-state index is 13.5. The number of methoxy groups -OCH3 is 1. The fourth-order valence-electron chi connectivity index (χ4n) is 4.73. The number of carbonyl (C=O) groups is 3. The number of nitrogens with one attached hydrogen (secondary N) is 3. The van der Waals surface area contributed by atoms with Crippen molar-refractivity contribution in [2.45, 2.75) is 63.1 Å². The molecule has 1 aromatic carbocycles. The molecule has 1 aromatic heterocycles. The van der Waals surface area contributed by atoms with Crippen LogP contribution in [-0.2, 0) is 20.7 Å². The van der Waals surface area contributed by atoms with Crippen molar-refractivity contribution < 1.29 is 23.9 Å². The number of carbonyl (C=O) groups excluding carboxylic acids is 3. The van der Waals surface area contributed by atoms with Crippen LogP contribution < -0.4 is 20.9 Å². The lowest BCUT2D eigenvalue weighted by Gasteiger charge is -2.26. The quantitative estimate of drug-likeness (QED) is 0.410. The van der Waals surface area contributed by atoms with Crippen molar-refractivity contribution in [3.63, 3.8) is 0 Å². The molecule has 1 aliphatic heterocycles. The minimum Gasteiger partial charge on any atom is -0.497 e. The van der Waals surface area contributed by atoms with Crippen LogP contribution in [0.4, 0.5) is 0 Å². The van der Waals surface area contributed by atoms with Gasteiger partial charge in [0.2, 0.25) is 11.5 Å². The van der Waals surface area contributed by atoms with E-state index in [1.54, 1.807) is 26.2 Å². The molecule has 1 aliphatic carbocycles. The number of pyridine rings is 1. The van der Waals surface area contributed by atoms with Crippen molar-refractivity contribution in [1.82, 2.24) is 15.6 Å². The van der Waals surface area contributed by atoms with Gasteiger partial charge in [0, 0.05) is 12.5 Å². The number of H-pyrrole nitrogens is 1. The number of rotatable bonds is 11. The monoisotopic (exact) mass is 495 g/mol. The molecule has 1 saturated carbocycles. The van der Waals surface area contributed by atoms with Crippen LogP contribution in [0.15, 0.2) is 47.3 Å². The fourth-order valence-corrected chi connectivity index (χ4v) is 4.73. The molecule has 3 N–H and O–H groups in total. The lowest BCUT2D eigenvalue weighted by molar-refractivity contribution is -0.131. The van der Waals surface area contributed by atoms with Crippen LogP contribution in [0.1, 0.15) is 55.1 Å². The summed E-state index contributed by atoms with van der Waals surface area (Å²) in [5, 5.41) is 5.66. The van der Waals surface area contributed by atoms with Crippen molar-refractivity contribution in [3.8, 4) is 5.75 Å². The molecular weight excluding hydrogens is 462 g/mol. The Morgan fingerprint density at radius 3 is 2.39 bits per heavy atom. The van der Waals surface area contributed by atoms with Crippen molar-refractivity contribution in [2.24, 2.45) is 5.92 Å². The average Bonchev–Trinajstić information content (AvgIpc) is 3.41. The van der Waals surface area contributed by atoms with Crippen LogP contribution in [0.3, 0.4) is 0 Å². The molecule has 36 heavy (non-hydrogen) atoms. The Balaban J connectivity index is 1.54. The molecule has 0 radical (unpaired) electrons. The second kappa shape index (κ2) is 11.1. The van der Waals surface area contributed by atoms with Crippen LogP contribution in [0, 0.1) is 5.92 Å². The molecule has 4 rings (SSSR count). The average molecular weight is 496 g/mol. The van der Waals surface area contributed by atoms with Gasteiger partial charge in [-0.05, 0) is 43.0 Å². The number of amides is 2. The highest BCUT2D eigenvalue weighted by Crippen LogP contribution is 2.33. The minimum atomic E-state index is -0.971. The molecule has 0 spiro atoms. The van der Waals surface area contributed by atoms with Crippen molar-refractivity contribution in [3.05, 3.63) is 64.1 Å². The molecule has 0 bridgehead atoms. The first-order valence-electron chi connectivity index (χ1n) is 12.4. The number of Topliss-reactive ketones (excluding diaryl/α,β-unsaturated/α-hetero) is 1. The third kappa shape index (κ3) is 6.40. The van der Waals surface area contributed by atoms with E-state index in [4.69, 9.17) is 9.47 Å². The predicted octanol–water partition coefficient (Wildman–Crippen LogP) is 2.15. The van der Waals surface area contributed by atoms with Crippen LogP contribution in [0.25, 0.3) is 0 Å². The summed E-state index contributed by atoms with van der Waals surface area (Å²) >= 11 is 0. The number of aromatic nitrogens is 1. The van der Waals surface area contributed by atoms with Crippen LogP contribution in [0.5, 0.6) is 5.75 Å². The van der Waals surface area contributed by atoms with Gasteiger partial charge in [0.25, 0.3) is 5.91 Å². The number of epoxide rings is 1. The Morgan fingerprint density at radius 2 is 1.78 bits per heavy atom. The molecule has 192 valence electrons. The van der Waals surface area contributed by atoms with E-state index in [9.17, 15) is 19.2 Å². The Bertz CT molecular complexity index is 1150. The van der Waals surface area contributed by atoms with Crippen molar-refractivity contribution in [2.75, 3.05) is 13.7 Å². The van der Waals surface area contributed by atoms with Gasteiger partial charge >= 0.3 is 0 Å². The normalized spacial score (nSPS) is 20.8. The molecule has 9 nitrogen and oxygen atoms in total. The Labute approximate surface area is 210 Å². The minimum absolute atomic E-state index is 0.0486. The molecule has 2 amide bonds. The van der Waals surface area contributed by atoms with Gasteiger partial charge < -0.3 is 25.1 Å². The van der Waals surface area contributed by atoms with E-state index in [0.717, 1.165) is 31.2 Å². The number of hydrogen-bond donors (Lipinski definition) is 3. The Morgan fingerprint density at radius 1 is 1.08 bits per heavy atom. The maximum Gasteiger partial charge on any atom is 0.268 e. The van der Waals surface area contributed by atoms with E-state index in [0.29, 0.717) is 24.7 Å². The second-order valence-corrected chi connectivity index (χ2v) is 9.84. The molecule has 0 unspecified atom stereocenters. The Hall–Kier alpha value is -3.46. The van der Waals surface area contributed by atoms with E-state index >= 15 is 0 Å². The van der Waals surface area contributed by atoms with Gasteiger partial charge in [-0.3, -0.25) is 19.2 Å². The SMILES string of the molecule is COc1ccc(C[C@H](NC(=O)c2cccc(=O)[nH]2)C(=O)N[C@@H](CC2CCCC2)C(=O)[C@]2(C)CO2)cc1. The van der Waals surface area contributed by atoms with Gasteiger partial charge in [0.05, 0.1) is 19.8 Å². The number of ketones is 1. The van der Waals surface area contributed by atoms with Gasteiger partial charge in [-0.25, -0.2) is 0 Å². The molecule has 9 heteroatoms. The van der Waals surface area contributed by atoms with Gasteiger partial charge in [0.15, 0.2) is 5.78 Å². The third-order valence-corrected chi connectivity index (χ3v) is 7.01. The highest BCUT2D eigenvalue weighted by atomic mass is 16.6. The number of ether oxygens (including phenoxy) is 2. The topological polar surface area (TPSA) is 130 Å². The van der Waals surface area contributed by atoms with Crippen molar-refractivity contribution >= 4 is 17.6 Å². The fraction of sp³-hybridized carbons (Fsp3) is 0.481. The first kappa shape index (κ1) is 25.6. The maximum absolute atomic E-state index is 13.5. The zero-order valence-electron chi connectivity index (χ0n) is 20.7. The summed E-state index contributed by atoms with van der Waals surface area (Å²) in [5.74, 6) is -0.142. The summed E-state index contributed by atoms with van der Waals surface area (Å²) in [6, 6.07) is 9.76. The number of benzene rings is 1. The second-order valence-electron chi connectivity index (χ2n) is 9.84. The van der Waals surface area contributed by atoms with Crippen LogP contribution in [0.2, 0.25) is 0 Å².